The number of carbonyl (C=O) groups is 1. The van der Waals surface area contributed by atoms with E-state index in [1.165, 1.54) is 19.1 Å². The van der Waals surface area contributed by atoms with E-state index in [1.54, 1.807) is 0 Å². The highest BCUT2D eigenvalue weighted by Gasteiger charge is 2.04. The molecule has 0 amide bonds. The number of nitrogens with zero attached hydrogens (tertiary/aromatic N) is 1. The number of Topliss-reactive ketones (excluding diaryl/α,β-unsaturated/α-hetero) is 1. The van der Waals surface area contributed by atoms with Crippen molar-refractivity contribution in [2.45, 2.75) is 13.3 Å². The summed E-state index contributed by atoms with van der Waals surface area (Å²) in [5.74, 6) is -0.655. The Labute approximate surface area is 74.4 Å². The number of hydrogen-bond acceptors (Lipinski definition) is 2. The molecule has 0 bridgehead atoms. The molecule has 0 radical (unpaired) electrons. The third-order valence-electron chi connectivity index (χ3n) is 1.33. The lowest BCUT2D eigenvalue weighted by Crippen LogP contribution is -1.99. The normalized spacial score (nSPS) is 9.92. The van der Waals surface area contributed by atoms with Crippen LogP contribution in [0.4, 0.5) is 4.39 Å². The molecule has 0 aromatic carbocycles. The average molecular weight is 188 g/mol. The van der Waals surface area contributed by atoms with Crippen LogP contribution in [0, 0.1) is 5.95 Å². The van der Waals surface area contributed by atoms with Crippen LogP contribution >= 0.6 is 11.6 Å². The molecule has 0 fully saturated rings. The quantitative estimate of drug-likeness (QED) is 0.663. The lowest BCUT2D eigenvalue weighted by molar-refractivity contribution is -0.116. The fourth-order valence-corrected chi connectivity index (χ4v) is 1.05. The SMILES string of the molecule is CC(=O)Cc1ccc(F)nc1Cl. The minimum atomic E-state index is -0.632. The van der Waals surface area contributed by atoms with Crippen LogP contribution in [-0.2, 0) is 11.2 Å². The molecule has 4 heteroatoms. The number of rotatable bonds is 2. The molecule has 0 N–H and O–H groups in total. The van der Waals surface area contributed by atoms with Gasteiger partial charge in [0.05, 0.1) is 0 Å². The second-order valence-corrected chi connectivity index (χ2v) is 2.82. The topological polar surface area (TPSA) is 30.0 Å². The molecule has 0 saturated heterocycles. The van der Waals surface area contributed by atoms with Crippen LogP contribution in [0.2, 0.25) is 5.15 Å². The molecular weight excluding hydrogens is 181 g/mol. The lowest BCUT2D eigenvalue weighted by Gasteiger charge is -1.99. The van der Waals surface area contributed by atoms with Gasteiger partial charge in [-0.05, 0) is 18.6 Å². The highest BCUT2D eigenvalue weighted by atomic mass is 35.5. The zero-order valence-corrected chi connectivity index (χ0v) is 7.23. The summed E-state index contributed by atoms with van der Waals surface area (Å²) in [6.45, 7) is 1.44. The number of ketones is 1. The first-order valence-corrected chi connectivity index (χ1v) is 3.78. The number of hydrogen-bond donors (Lipinski definition) is 0. The lowest BCUT2D eigenvalue weighted by atomic mass is 10.1. The number of pyridine rings is 1. The summed E-state index contributed by atoms with van der Waals surface area (Å²) in [6, 6.07) is 2.65. The molecule has 1 aromatic heterocycles. The van der Waals surface area contributed by atoms with Gasteiger partial charge < -0.3 is 0 Å². The van der Waals surface area contributed by atoms with E-state index >= 15 is 0 Å². The summed E-state index contributed by atoms with van der Waals surface area (Å²) in [5.41, 5.74) is 0.561. The summed E-state index contributed by atoms with van der Waals surface area (Å²) in [5, 5.41) is 0.0604. The van der Waals surface area contributed by atoms with E-state index in [1.807, 2.05) is 0 Å². The van der Waals surface area contributed by atoms with Gasteiger partial charge >= 0.3 is 0 Å². The summed E-state index contributed by atoms with van der Waals surface area (Å²) < 4.78 is 12.4. The zero-order valence-electron chi connectivity index (χ0n) is 6.47. The van der Waals surface area contributed by atoms with Crippen molar-refractivity contribution >= 4 is 17.4 Å². The van der Waals surface area contributed by atoms with Crippen LogP contribution in [0.15, 0.2) is 12.1 Å². The molecule has 12 heavy (non-hydrogen) atoms. The molecule has 0 atom stereocenters. The second-order valence-electron chi connectivity index (χ2n) is 2.46. The van der Waals surface area contributed by atoms with Crippen molar-refractivity contribution in [3.8, 4) is 0 Å². The van der Waals surface area contributed by atoms with Crippen molar-refractivity contribution in [3.05, 3.63) is 28.8 Å². The van der Waals surface area contributed by atoms with Crippen LogP contribution in [-0.4, -0.2) is 10.8 Å². The van der Waals surface area contributed by atoms with Gasteiger partial charge in [0.1, 0.15) is 10.9 Å². The first kappa shape index (κ1) is 9.13. The van der Waals surface area contributed by atoms with Crippen LogP contribution < -0.4 is 0 Å². The van der Waals surface area contributed by atoms with E-state index in [0.29, 0.717) is 5.56 Å². The van der Waals surface area contributed by atoms with Gasteiger partial charge in [-0.25, -0.2) is 4.98 Å². The first-order valence-electron chi connectivity index (χ1n) is 3.40. The molecule has 0 aliphatic rings. The summed E-state index contributed by atoms with van der Waals surface area (Å²) >= 11 is 5.57. The van der Waals surface area contributed by atoms with Crippen molar-refractivity contribution in [2.75, 3.05) is 0 Å². The highest BCUT2D eigenvalue weighted by Crippen LogP contribution is 2.13. The Balaban J connectivity index is 2.93. The van der Waals surface area contributed by atoms with Gasteiger partial charge in [0, 0.05) is 6.42 Å². The minimum absolute atomic E-state index is 0.0229. The average Bonchev–Trinajstić information content (AvgIpc) is 1.94. The summed E-state index contributed by atoms with van der Waals surface area (Å²) in [6.07, 6.45) is 0.201. The van der Waals surface area contributed by atoms with E-state index in [0.717, 1.165) is 0 Å². The molecule has 2 nitrogen and oxygen atoms in total. The second kappa shape index (κ2) is 3.63. The maximum Gasteiger partial charge on any atom is 0.214 e. The molecule has 1 aromatic rings. The van der Waals surface area contributed by atoms with Crippen molar-refractivity contribution in [2.24, 2.45) is 0 Å². The Hall–Kier alpha value is -0.960. The summed E-state index contributed by atoms with van der Waals surface area (Å²) in [7, 11) is 0. The standard InChI is InChI=1S/C8H7ClFNO/c1-5(12)4-6-2-3-7(10)11-8(6)9/h2-3H,4H2,1H3. The molecular formula is C8H7ClFNO. The van der Waals surface area contributed by atoms with Crippen LogP contribution in [0.5, 0.6) is 0 Å². The van der Waals surface area contributed by atoms with Crippen LogP contribution in [0.25, 0.3) is 0 Å². The van der Waals surface area contributed by atoms with Gasteiger partial charge in [0.25, 0.3) is 0 Å². The molecule has 0 saturated carbocycles. The van der Waals surface area contributed by atoms with Gasteiger partial charge in [0.15, 0.2) is 0 Å². The Bertz CT molecular complexity index is 314. The predicted molar refractivity (Wildman–Crippen MR) is 43.6 cm³/mol. The largest absolute Gasteiger partial charge is 0.300 e. The minimum Gasteiger partial charge on any atom is -0.300 e. The van der Waals surface area contributed by atoms with Gasteiger partial charge in [-0.2, -0.15) is 4.39 Å². The Morgan fingerprint density at radius 1 is 1.67 bits per heavy atom. The van der Waals surface area contributed by atoms with Gasteiger partial charge in [-0.3, -0.25) is 4.79 Å². The maximum atomic E-state index is 12.4. The van der Waals surface area contributed by atoms with E-state index in [9.17, 15) is 9.18 Å². The number of aromatic nitrogens is 1. The summed E-state index contributed by atoms with van der Waals surface area (Å²) in [4.78, 5) is 14.0. The third kappa shape index (κ3) is 2.27. The molecule has 0 unspecified atom stereocenters. The number of halogens is 2. The van der Waals surface area contributed by atoms with Gasteiger partial charge in [-0.1, -0.05) is 17.7 Å². The van der Waals surface area contributed by atoms with Crippen molar-refractivity contribution in [3.63, 3.8) is 0 Å². The number of carbonyl (C=O) groups excluding carboxylic acids is 1. The highest BCUT2D eigenvalue weighted by molar-refractivity contribution is 6.30. The molecule has 0 aliphatic heterocycles. The molecule has 0 aliphatic carbocycles. The smallest absolute Gasteiger partial charge is 0.214 e. The third-order valence-corrected chi connectivity index (χ3v) is 1.66. The Morgan fingerprint density at radius 2 is 2.33 bits per heavy atom. The van der Waals surface area contributed by atoms with Crippen LogP contribution in [0.1, 0.15) is 12.5 Å². The first-order chi connectivity index (χ1) is 5.59. The monoisotopic (exact) mass is 187 g/mol. The van der Waals surface area contributed by atoms with Crippen molar-refractivity contribution in [1.29, 1.82) is 0 Å². The van der Waals surface area contributed by atoms with E-state index < -0.39 is 5.95 Å². The van der Waals surface area contributed by atoms with E-state index in [-0.39, 0.29) is 17.4 Å². The van der Waals surface area contributed by atoms with Crippen molar-refractivity contribution in [1.82, 2.24) is 4.98 Å². The Morgan fingerprint density at radius 3 is 2.83 bits per heavy atom. The fourth-order valence-electron chi connectivity index (χ4n) is 0.841. The maximum absolute atomic E-state index is 12.4. The van der Waals surface area contributed by atoms with E-state index in [4.69, 9.17) is 11.6 Å². The van der Waals surface area contributed by atoms with Gasteiger partial charge in [-0.15, -0.1) is 0 Å². The molecule has 0 spiro atoms. The van der Waals surface area contributed by atoms with Crippen molar-refractivity contribution < 1.29 is 9.18 Å². The Kier molecular flexibility index (Phi) is 2.76. The molecule has 64 valence electrons. The van der Waals surface area contributed by atoms with Gasteiger partial charge in [0.2, 0.25) is 5.95 Å². The fraction of sp³-hybridized carbons (Fsp3) is 0.250. The zero-order chi connectivity index (χ0) is 9.14. The van der Waals surface area contributed by atoms with E-state index in [2.05, 4.69) is 4.98 Å². The van der Waals surface area contributed by atoms with Crippen LogP contribution in [0.3, 0.4) is 0 Å². The predicted octanol–water partition coefficient (Wildman–Crippen LogP) is 2.01. The molecule has 1 heterocycles. The molecule has 1 rings (SSSR count).